The molecule has 0 spiro atoms. The van der Waals surface area contributed by atoms with Gasteiger partial charge in [-0.15, -0.1) is 0 Å². The van der Waals surface area contributed by atoms with E-state index < -0.39 is 10.0 Å². The Hall–Kier alpha value is -2.18. The van der Waals surface area contributed by atoms with Gasteiger partial charge in [0, 0.05) is 26.1 Å². The highest BCUT2D eigenvalue weighted by Gasteiger charge is 2.29. The smallest absolute Gasteiger partial charge is 0.243 e. The van der Waals surface area contributed by atoms with E-state index in [1.54, 1.807) is 30.3 Å². The van der Waals surface area contributed by atoms with E-state index in [1.165, 1.54) is 4.31 Å². The molecule has 0 radical (unpaired) electrons. The van der Waals surface area contributed by atoms with Gasteiger partial charge >= 0.3 is 0 Å². The van der Waals surface area contributed by atoms with Crippen molar-refractivity contribution in [2.45, 2.75) is 30.7 Å². The van der Waals surface area contributed by atoms with E-state index in [0.717, 1.165) is 5.56 Å². The first-order valence-electron chi connectivity index (χ1n) is 8.91. The van der Waals surface area contributed by atoms with Crippen molar-refractivity contribution in [3.05, 3.63) is 66.2 Å². The number of nitrogens with one attached hydrogen (secondary N) is 1. The molecular weight excluding hydrogens is 348 g/mol. The van der Waals surface area contributed by atoms with E-state index in [2.05, 4.69) is 5.32 Å². The van der Waals surface area contributed by atoms with Crippen LogP contribution in [0.2, 0.25) is 0 Å². The minimum atomic E-state index is -3.43. The van der Waals surface area contributed by atoms with Crippen molar-refractivity contribution in [2.24, 2.45) is 5.92 Å². The van der Waals surface area contributed by atoms with E-state index in [-0.39, 0.29) is 11.8 Å². The monoisotopic (exact) mass is 372 g/mol. The van der Waals surface area contributed by atoms with Gasteiger partial charge in [-0.05, 0) is 36.5 Å². The van der Waals surface area contributed by atoms with E-state index in [9.17, 15) is 13.2 Å². The fraction of sp³-hybridized carbons (Fsp3) is 0.350. The van der Waals surface area contributed by atoms with Gasteiger partial charge in [0.15, 0.2) is 0 Å². The average Bonchev–Trinajstić information content (AvgIpc) is 2.68. The topological polar surface area (TPSA) is 66.5 Å². The molecule has 26 heavy (non-hydrogen) atoms. The van der Waals surface area contributed by atoms with E-state index >= 15 is 0 Å². The molecule has 0 aromatic heterocycles. The van der Waals surface area contributed by atoms with Crippen LogP contribution in [0, 0.1) is 5.92 Å². The van der Waals surface area contributed by atoms with E-state index in [0.29, 0.717) is 43.8 Å². The van der Waals surface area contributed by atoms with Crippen molar-refractivity contribution in [3.8, 4) is 0 Å². The molecule has 2 aromatic carbocycles. The summed E-state index contributed by atoms with van der Waals surface area (Å²) in [7, 11) is -3.43. The Bertz CT molecular complexity index is 815. The van der Waals surface area contributed by atoms with Crippen molar-refractivity contribution < 1.29 is 13.2 Å². The highest BCUT2D eigenvalue weighted by atomic mass is 32.2. The predicted molar refractivity (Wildman–Crippen MR) is 101 cm³/mol. The number of benzene rings is 2. The van der Waals surface area contributed by atoms with Crippen LogP contribution in [-0.2, 0) is 21.4 Å². The van der Waals surface area contributed by atoms with Crippen LogP contribution in [-0.4, -0.2) is 31.7 Å². The lowest BCUT2D eigenvalue weighted by Gasteiger charge is -2.31. The first-order valence-corrected chi connectivity index (χ1v) is 10.4. The predicted octanol–water partition coefficient (Wildman–Crippen LogP) is 2.79. The van der Waals surface area contributed by atoms with Gasteiger partial charge in [-0.25, -0.2) is 8.42 Å². The molecule has 0 saturated carbocycles. The van der Waals surface area contributed by atoms with Gasteiger partial charge < -0.3 is 5.32 Å². The second kappa shape index (κ2) is 8.47. The summed E-state index contributed by atoms with van der Waals surface area (Å²) in [6.07, 6.45) is 1.88. The summed E-state index contributed by atoms with van der Waals surface area (Å²) in [4.78, 5) is 12.5. The number of carbonyl (C=O) groups is 1. The maximum absolute atomic E-state index is 12.6. The lowest BCUT2D eigenvalue weighted by atomic mass is 9.94. The summed E-state index contributed by atoms with van der Waals surface area (Å²) in [6, 6.07) is 18.3. The van der Waals surface area contributed by atoms with Crippen molar-refractivity contribution in [1.82, 2.24) is 9.62 Å². The van der Waals surface area contributed by atoms with Crippen LogP contribution < -0.4 is 5.32 Å². The molecule has 0 aliphatic carbocycles. The summed E-state index contributed by atoms with van der Waals surface area (Å²) in [5.41, 5.74) is 1.07. The number of carbonyl (C=O) groups excluding carboxylic acids is 1. The van der Waals surface area contributed by atoms with Gasteiger partial charge in [-0.3, -0.25) is 4.79 Å². The van der Waals surface area contributed by atoms with Gasteiger partial charge in [0.25, 0.3) is 0 Å². The molecule has 1 saturated heterocycles. The number of amides is 1. The van der Waals surface area contributed by atoms with E-state index in [4.69, 9.17) is 0 Å². The quantitative estimate of drug-likeness (QED) is 0.848. The Morgan fingerprint density at radius 2 is 1.54 bits per heavy atom. The number of nitrogens with zero attached hydrogens (tertiary/aromatic N) is 1. The van der Waals surface area contributed by atoms with Gasteiger partial charge in [-0.1, -0.05) is 48.5 Å². The summed E-state index contributed by atoms with van der Waals surface area (Å²) >= 11 is 0. The molecule has 6 heteroatoms. The third kappa shape index (κ3) is 4.71. The van der Waals surface area contributed by atoms with Crippen molar-refractivity contribution in [3.63, 3.8) is 0 Å². The number of hydrogen-bond acceptors (Lipinski definition) is 3. The first kappa shape index (κ1) is 18.6. The fourth-order valence-corrected chi connectivity index (χ4v) is 4.72. The molecule has 1 heterocycles. The minimum Gasteiger partial charge on any atom is -0.352 e. The number of hydrogen-bond donors (Lipinski definition) is 1. The summed E-state index contributed by atoms with van der Waals surface area (Å²) in [6.45, 7) is 1.46. The van der Waals surface area contributed by atoms with Crippen molar-refractivity contribution >= 4 is 15.9 Å². The van der Waals surface area contributed by atoms with Crippen LogP contribution in [0.3, 0.4) is 0 Å². The number of piperidine rings is 1. The first-order chi connectivity index (χ1) is 12.6. The maximum Gasteiger partial charge on any atom is 0.243 e. The summed E-state index contributed by atoms with van der Waals surface area (Å²) in [5, 5.41) is 2.94. The van der Waals surface area contributed by atoms with Crippen LogP contribution in [0.25, 0.3) is 0 Å². The minimum absolute atomic E-state index is 0.0261. The second-order valence-corrected chi connectivity index (χ2v) is 8.56. The molecule has 2 aromatic rings. The Kier molecular flexibility index (Phi) is 6.06. The second-order valence-electron chi connectivity index (χ2n) is 6.63. The molecule has 1 aliphatic heterocycles. The van der Waals surface area contributed by atoms with Crippen molar-refractivity contribution in [2.75, 3.05) is 13.1 Å². The van der Waals surface area contributed by atoms with Crippen molar-refractivity contribution in [1.29, 1.82) is 0 Å². The highest BCUT2D eigenvalue weighted by Crippen LogP contribution is 2.25. The molecular formula is C20H24N2O3S. The molecule has 3 rings (SSSR count). The van der Waals surface area contributed by atoms with Crippen LogP contribution in [0.4, 0.5) is 0 Å². The van der Waals surface area contributed by atoms with E-state index in [1.807, 2.05) is 30.3 Å². The SMILES string of the molecule is O=C(CC1CCN(S(=O)(=O)c2ccccc2)CC1)NCc1ccccc1. The van der Waals surface area contributed by atoms with Gasteiger partial charge in [0.2, 0.25) is 15.9 Å². The Labute approximate surface area is 155 Å². The molecule has 1 aliphatic rings. The number of sulfonamides is 1. The van der Waals surface area contributed by atoms with Gasteiger partial charge in [0.05, 0.1) is 4.90 Å². The third-order valence-corrected chi connectivity index (χ3v) is 6.67. The number of rotatable bonds is 6. The zero-order chi connectivity index (χ0) is 18.4. The standard InChI is InChI=1S/C20H24N2O3S/c23-20(21-16-18-7-3-1-4-8-18)15-17-11-13-22(14-12-17)26(24,25)19-9-5-2-6-10-19/h1-10,17H,11-16H2,(H,21,23). The molecule has 0 atom stereocenters. The summed E-state index contributed by atoms with van der Waals surface area (Å²) in [5.74, 6) is 0.256. The van der Waals surface area contributed by atoms with Crippen LogP contribution in [0.5, 0.6) is 0 Å². The normalized spacial score (nSPS) is 16.3. The maximum atomic E-state index is 12.6. The Morgan fingerprint density at radius 3 is 2.15 bits per heavy atom. The van der Waals surface area contributed by atoms with Crippen LogP contribution in [0.1, 0.15) is 24.8 Å². The Morgan fingerprint density at radius 1 is 0.962 bits per heavy atom. The molecule has 138 valence electrons. The highest BCUT2D eigenvalue weighted by molar-refractivity contribution is 7.89. The lowest BCUT2D eigenvalue weighted by Crippen LogP contribution is -2.39. The third-order valence-electron chi connectivity index (χ3n) is 4.76. The Balaban J connectivity index is 1.47. The molecule has 1 fully saturated rings. The molecule has 0 unspecified atom stereocenters. The van der Waals surface area contributed by atoms with Crippen LogP contribution in [0.15, 0.2) is 65.6 Å². The van der Waals surface area contributed by atoms with Crippen LogP contribution >= 0.6 is 0 Å². The molecule has 1 N–H and O–H groups in total. The summed E-state index contributed by atoms with van der Waals surface area (Å²) < 4.78 is 26.8. The fourth-order valence-electron chi connectivity index (χ4n) is 3.23. The molecule has 0 bridgehead atoms. The lowest BCUT2D eigenvalue weighted by molar-refractivity contribution is -0.122. The van der Waals surface area contributed by atoms with Gasteiger partial charge in [-0.2, -0.15) is 4.31 Å². The average molecular weight is 372 g/mol. The zero-order valence-corrected chi connectivity index (χ0v) is 15.5. The van der Waals surface area contributed by atoms with Gasteiger partial charge in [0.1, 0.15) is 0 Å². The zero-order valence-electron chi connectivity index (χ0n) is 14.7. The molecule has 5 nitrogen and oxygen atoms in total. The molecule has 1 amide bonds. The largest absolute Gasteiger partial charge is 0.352 e.